The van der Waals surface area contributed by atoms with Gasteiger partial charge in [-0.15, -0.1) is 0 Å². The SMILES string of the molecule is CC(C)(C)[Si](C)(C)O[C@@H](CBr)c1ccc(OCc2ccccc2)c(CO)c1.CSC.[B]. The average Bonchev–Trinajstić information content (AvgIpc) is 2.71. The van der Waals surface area contributed by atoms with E-state index < -0.39 is 8.32 Å². The number of benzene rings is 2. The van der Waals surface area contributed by atoms with E-state index in [-0.39, 0.29) is 26.2 Å². The number of aliphatic hydroxyl groups excluding tert-OH is 1. The van der Waals surface area contributed by atoms with Crippen LogP contribution in [0.25, 0.3) is 0 Å². The summed E-state index contributed by atoms with van der Waals surface area (Å²) in [6.45, 7) is 11.7. The van der Waals surface area contributed by atoms with Crippen LogP contribution in [-0.2, 0) is 17.6 Å². The predicted octanol–water partition coefficient (Wildman–Crippen LogP) is 6.81. The van der Waals surface area contributed by atoms with Gasteiger partial charge in [-0.05, 0) is 53.9 Å². The highest BCUT2D eigenvalue weighted by Crippen LogP contribution is 2.40. The van der Waals surface area contributed by atoms with Gasteiger partial charge in [0.1, 0.15) is 12.4 Å². The summed E-state index contributed by atoms with van der Waals surface area (Å²) in [6.07, 6.45) is 4.04. The lowest BCUT2D eigenvalue weighted by atomic mass is 10.1. The van der Waals surface area contributed by atoms with Gasteiger partial charge in [0.25, 0.3) is 0 Å². The van der Waals surface area contributed by atoms with Crippen molar-refractivity contribution in [2.75, 3.05) is 17.8 Å². The van der Waals surface area contributed by atoms with Crippen LogP contribution in [-0.4, -0.2) is 39.7 Å². The average molecular weight is 524 g/mol. The van der Waals surface area contributed by atoms with Crippen molar-refractivity contribution in [3.05, 3.63) is 65.2 Å². The Kier molecular flexibility index (Phi) is 14.1. The van der Waals surface area contributed by atoms with Crippen LogP contribution in [0.3, 0.4) is 0 Å². The second-order valence-corrected chi connectivity index (χ2v) is 14.9. The first-order valence-electron chi connectivity index (χ1n) is 10.1. The zero-order chi connectivity index (χ0) is 22.8. The lowest BCUT2D eigenvalue weighted by molar-refractivity contribution is 0.207. The van der Waals surface area contributed by atoms with Crippen LogP contribution >= 0.6 is 27.7 Å². The molecule has 0 bridgehead atoms. The Morgan fingerprint density at radius 2 is 1.65 bits per heavy atom. The molecule has 0 aromatic heterocycles. The zero-order valence-corrected chi connectivity index (χ0v) is 23.3. The Labute approximate surface area is 205 Å². The van der Waals surface area contributed by atoms with Crippen LogP contribution in [0.15, 0.2) is 48.5 Å². The van der Waals surface area contributed by atoms with Crippen molar-refractivity contribution in [1.29, 1.82) is 0 Å². The van der Waals surface area contributed by atoms with Crippen LogP contribution in [0.5, 0.6) is 5.75 Å². The summed E-state index contributed by atoms with van der Waals surface area (Å²) in [7, 11) is -1.90. The van der Waals surface area contributed by atoms with Gasteiger partial charge < -0.3 is 14.3 Å². The van der Waals surface area contributed by atoms with Gasteiger partial charge in [-0.25, -0.2) is 0 Å². The molecule has 3 nitrogen and oxygen atoms in total. The molecule has 171 valence electrons. The maximum atomic E-state index is 9.83. The highest BCUT2D eigenvalue weighted by atomic mass is 79.9. The van der Waals surface area contributed by atoms with E-state index >= 15 is 0 Å². The van der Waals surface area contributed by atoms with Gasteiger partial charge in [0.05, 0.1) is 12.7 Å². The Morgan fingerprint density at radius 3 is 2.13 bits per heavy atom. The van der Waals surface area contributed by atoms with Crippen molar-refractivity contribution in [3.63, 3.8) is 0 Å². The molecule has 0 aliphatic carbocycles. The molecule has 0 amide bonds. The number of hydrogen-bond donors (Lipinski definition) is 1. The molecule has 0 heterocycles. The van der Waals surface area contributed by atoms with Gasteiger partial charge >= 0.3 is 0 Å². The Balaban J connectivity index is 0.00000212. The number of alkyl halides is 1. The van der Waals surface area contributed by atoms with Crippen molar-refractivity contribution in [3.8, 4) is 5.75 Å². The molecular formula is C24H37BBrO3SSi. The predicted molar refractivity (Wildman–Crippen MR) is 143 cm³/mol. The maximum absolute atomic E-state index is 9.83. The molecule has 1 atom stereocenters. The largest absolute Gasteiger partial charge is 0.489 e. The monoisotopic (exact) mass is 523 g/mol. The molecule has 0 fully saturated rings. The Hall–Kier alpha value is -0.728. The van der Waals surface area contributed by atoms with E-state index in [1.165, 1.54) is 0 Å². The van der Waals surface area contributed by atoms with Gasteiger partial charge in [0, 0.05) is 19.3 Å². The quantitative estimate of drug-likeness (QED) is 0.304. The van der Waals surface area contributed by atoms with Crippen LogP contribution in [0.2, 0.25) is 18.1 Å². The second kappa shape index (κ2) is 14.4. The van der Waals surface area contributed by atoms with Crippen LogP contribution < -0.4 is 4.74 Å². The highest BCUT2D eigenvalue weighted by molar-refractivity contribution is 9.09. The van der Waals surface area contributed by atoms with Gasteiger partial charge in [-0.2, -0.15) is 11.8 Å². The molecule has 2 aromatic rings. The molecule has 3 radical (unpaired) electrons. The fourth-order valence-corrected chi connectivity index (χ4v) is 4.55. The Morgan fingerprint density at radius 1 is 1.06 bits per heavy atom. The summed E-state index contributed by atoms with van der Waals surface area (Å²) >= 11 is 5.35. The molecule has 0 unspecified atom stereocenters. The van der Waals surface area contributed by atoms with Crippen molar-refractivity contribution in [2.24, 2.45) is 0 Å². The minimum atomic E-state index is -1.90. The molecule has 2 aromatic carbocycles. The number of ether oxygens (including phenoxy) is 1. The van der Waals surface area contributed by atoms with Crippen molar-refractivity contribution in [1.82, 2.24) is 0 Å². The highest BCUT2D eigenvalue weighted by Gasteiger charge is 2.39. The van der Waals surface area contributed by atoms with Gasteiger partial charge in [-0.1, -0.05) is 73.1 Å². The first kappa shape index (κ1) is 30.3. The Bertz CT molecular complexity index is 754. The first-order valence-corrected chi connectivity index (χ1v) is 15.8. The number of halogens is 1. The number of aliphatic hydroxyl groups is 1. The number of rotatable bonds is 8. The summed E-state index contributed by atoms with van der Waals surface area (Å²) < 4.78 is 12.5. The molecule has 31 heavy (non-hydrogen) atoms. The standard InChI is InChI=1S/C22H31BrO3Si.C2H6S.B/c1-22(2,3)27(4,5)26-21(14-23)18-11-12-20(19(13-18)15-24)25-16-17-9-7-6-8-10-17;1-3-2;/h6-13,21,24H,14-16H2,1-5H3;1-2H3;/t21-;;/m0../s1. The van der Waals surface area contributed by atoms with E-state index in [0.717, 1.165) is 16.7 Å². The number of hydrogen-bond acceptors (Lipinski definition) is 4. The first-order chi connectivity index (χ1) is 14.1. The lowest BCUT2D eigenvalue weighted by Gasteiger charge is -2.39. The molecule has 1 N–H and O–H groups in total. The van der Waals surface area contributed by atoms with Crippen LogP contribution in [0.1, 0.15) is 43.6 Å². The number of thioether (sulfide) groups is 1. The summed E-state index contributed by atoms with van der Waals surface area (Å²) in [5.41, 5.74) is 2.95. The molecular weight excluding hydrogens is 487 g/mol. The molecule has 7 heteroatoms. The van der Waals surface area contributed by atoms with E-state index in [4.69, 9.17) is 9.16 Å². The van der Waals surface area contributed by atoms with E-state index in [1.54, 1.807) is 11.8 Å². The third-order valence-corrected chi connectivity index (χ3v) is 10.3. The fraction of sp³-hybridized carbons (Fsp3) is 0.500. The topological polar surface area (TPSA) is 38.7 Å². The zero-order valence-electron chi connectivity index (χ0n) is 19.9. The molecule has 0 spiro atoms. The van der Waals surface area contributed by atoms with E-state index in [2.05, 4.69) is 49.8 Å². The normalized spacial score (nSPS) is 12.3. The fourth-order valence-electron chi connectivity index (χ4n) is 2.52. The van der Waals surface area contributed by atoms with E-state index in [0.29, 0.717) is 17.7 Å². The smallest absolute Gasteiger partial charge is 0.192 e. The van der Waals surface area contributed by atoms with Crippen LogP contribution in [0.4, 0.5) is 0 Å². The van der Waals surface area contributed by atoms with Gasteiger partial charge in [0.2, 0.25) is 0 Å². The maximum Gasteiger partial charge on any atom is 0.192 e. The third kappa shape index (κ3) is 9.74. The minimum Gasteiger partial charge on any atom is -0.489 e. The van der Waals surface area contributed by atoms with Crippen molar-refractivity contribution < 1.29 is 14.3 Å². The van der Waals surface area contributed by atoms with E-state index in [9.17, 15) is 5.11 Å². The molecule has 0 aliphatic rings. The summed E-state index contributed by atoms with van der Waals surface area (Å²) in [6, 6.07) is 16.0. The minimum absolute atomic E-state index is 0. The van der Waals surface area contributed by atoms with Crippen molar-refractivity contribution in [2.45, 2.75) is 58.2 Å². The van der Waals surface area contributed by atoms with Gasteiger partial charge in [-0.3, -0.25) is 0 Å². The third-order valence-electron chi connectivity index (χ3n) is 5.25. The van der Waals surface area contributed by atoms with Crippen LogP contribution in [0, 0.1) is 0 Å². The molecule has 0 saturated heterocycles. The van der Waals surface area contributed by atoms with Crippen molar-refractivity contribution >= 4 is 44.4 Å². The van der Waals surface area contributed by atoms with E-state index in [1.807, 2.05) is 61.0 Å². The molecule has 2 rings (SSSR count). The summed E-state index contributed by atoms with van der Waals surface area (Å²) in [5.74, 6) is 0.714. The summed E-state index contributed by atoms with van der Waals surface area (Å²) in [5, 5.41) is 10.7. The lowest BCUT2D eigenvalue weighted by Crippen LogP contribution is -2.42. The van der Waals surface area contributed by atoms with Gasteiger partial charge in [0.15, 0.2) is 8.32 Å². The second-order valence-electron chi connectivity index (χ2n) is 8.73. The summed E-state index contributed by atoms with van der Waals surface area (Å²) in [4.78, 5) is 0. The molecule has 0 aliphatic heterocycles. The molecule has 0 saturated carbocycles.